The van der Waals surface area contributed by atoms with Crippen LogP contribution in [0.5, 0.6) is 0 Å². The highest BCUT2D eigenvalue weighted by molar-refractivity contribution is 5.76. The number of hydrogen-bond donors (Lipinski definition) is 1. The second-order valence-corrected chi connectivity index (χ2v) is 7.89. The summed E-state index contributed by atoms with van der Waals surface area (Å²) in [5.74, 6) is 1.59. The highest BCUT2D eigenvalue weighted by atomic mass is 16.4. The fourth-order valence-electron chi connectivity index (χ4n) is 4.30. The van der Waals surface area contributed by atoms with E-state index in [1.165, 1.54) is 25.7 Å². The third kappa shape index (κ3) is 4.19. The van der Waals surface area contributed by atoms with Gasteiger partial charge in [0.1, 0.15) is 5.52 Å². The molecular weight excluding hydrogens is 326 g/mol. The maximum atomic E-state index is 12.1. The number of amides is 1. The van der Waals surface area contributed by atoms with E-state index in [9.17, 15) is 4.79 Å². The van der Waals surface area contributed by atoms with E-state index in [2.05, 4.69) is 15.2 Å². The molecule has 1 aromatic heterocycles. The Kier molecular flexibility index (Phi) is 5.42. The monoisotopic (exact) mass is 355 g/mol. The van der Waals surface area contributed by atoms with Crippen molar-refractivity contribution in [1.82, 2.24) is 10.3 Å². The number of aromatic nitrogens is 1. The van der Waals surface area contributed by atoms with E-state index < -0.39 is 0 Å². The van der Waals surface area contributed by atoms with Crippen molar-refractivity contribution in [3.05, 3.63) is 24.3 Å². The van der Waals surface area contributed by atoms with Crippen LogP contribution in [0.15, 0.2) is 28.7 Å². The molecule has 2 fully saturated rings. The van der Waals surface area contributed by atoms with Crippen molar-refractivity contribution < 1.29 is 9.21 Å². The van der Waals surface area contributed by atoms with Crippen LogP contribution in [-0.4, -0.2) is 30.5 Å². The van der Waals surface area contributed by atoms with Gasteiger partial charge in [-0.25, -0.2) is 0 Å². The van der Waals surface area contributed by atoms with Crippen molar-refractivity contribution >= 4 is 23.0 Å². The number of piperidine rings is 1. The molecule has 1 saturated carbocycles. The molecule has 0 bridgehead atoms. The van der Waals surface area contributed by atoms with E-state index in [1.54, 1.807) is 0 Å². The lowest BCUT2D eigenvalue weighted by Gasteiger charge is -2.30. The van der Waals surface area contributed by atoms with Crippen LogP contribution in [0, 0.1) is 11.8 Å². The number of nitrogens with one attached hydrogen (secondary N) is 1. The van der Waals surface area contributed by atoms with Crippen LogP contribution in [0.4, 0.5) is 6.01 Å². The second kappa shape index (κ2) is 8.11. The predicted molar refractivity (Wildman–Crippen MR) is 103 cm³/mol. The number of benzene rings is 1. The Balaban J connectivity index is 1.19. The van der Waals surface area contributed by atoms with Gasteiger partial charge in [-0.3, -0.25) is 4.79 Å². The van der Waals surface area contributed by atoms with Gasteiger partial charge in [0.2, 0.25) is 5.91 Å². The summed E-state index contributed by atoms with van der Waals surface area (Å²) < 4.78 is 5.87. The van der Waals surface area contributed by atoms with Crippen molar-refractivity contribution in [3.63, 3.8) is 0 Å². The maximum Gasteiger partial charge on any atom is 0.298 e. The molecule has 2 heterocycles. The normalized spacial score (nSPS) is 19.3. The van der Waals surface area contributed by atoms with Gasteiger partial charge in [-0.2, -0.15) is 4.98 Å². The van der Waals surface area contributed by atoms with Gasteiger partial charge in [0.25, 0.3) is 6.01 Å². The van der Waals surface area contributed by atoms with Crippen LogP contribution in [0.1, 0.15) is 51.4 Å². The molecule has 0 atom stereocenters. The number of fused-ring (bicyclic) bond motifs is 1. The molecule has 2 aliphatic rings. The average molecular weight is 355 g/mol. The molecule has 5 heteroatoms. The first-order valence-corrected chi connectivity index (χ1v) is 10.1. The van der Waals surface area contributed by atoms with Crippen LogP contribution in [-0.2, 0) is 4.79 Å². The summed E-state index contributed by atoms with van der Waals surface area (Å²) >= 11 is 0. The predicted octanol–water partition coefficient (Wildman–Crippen LogP) is 4.13. The molecule has 1 N–H and O–H groups in total. The minimum absolute atomic E-state index is 0.235. The zero-order valence-electron chi connectivity index (χ0n) is 15.5. The van der Waals surface area contributed by atoms with Gasteiger partial charge in [0.05, 0.1) is 0 Å². The molecule has 5 nitrogen and oxygen atoms in total. The number of carbonyl (C=O) groups is 1. The zero-order valence-corrected chi connectivity index (χ0v) is 15.5. The van der Waals surface area contributed by atoms with Crippen LogP contribution in [0.3, 0.4) is 0 Å². The van der Waals surface area contributed by atoms with E-state index >= 15 is 0 Å². The molecule has 1 amide bonds. The molecule has 0 unspecified atom stereocenters. The second-order valence-electron chi connectivity index (χ2n) is 7.89. The molecule has 2 aromatic rings. The minimum atomic E-state index is 0.235. The lowest BCUT2D eigenvalue weighted by atomic mass is 9.96. The number of hydrogen-bond acceptors (Lipinski definition) is 4. The van der Waals surface area contributed by atoms with Gasteiger partial charge in [-0.15, -0.1) is 0 Å². The Bertz CT molecular complexity index is 695. The summed E-state index contributed by atoms with van der Waals surface area (Å²) in [6.45, 7) is 2.69. The number of para-hydroxylation sites is 2. The Morgan fingerprint density at radius 2 is 1.88 bits per heavy atom. The minimum Gasteiger partial charge on any atom is -0.423 e. The summed E-state index contributed by atoms with van der Waals surface area (Å²) in [5, 5.41) is 3.16. The van der Waals surface area contributed by atoms with Crippen LogP contribution in [0.2, 0.25) is 0 Å². The number of nitrogens with zero attached hydrogens (tertiary/aromatic N) is 2. The Hall–Kier alpha value is -2.04. The molecule has 0 radical (unpaired) electrons. The van der Waals surface area contributed by atoms with Crippen molar-refractivity contribution in [2.24, 2.45) is 11.8 Å². The largest absolute Gasteiger partial charge is 0.423 e. The van der Waals surface area contributed by atoms with Crippen molar-refractivity contribution in [2.75, 3.05) is 24.5 Å². The van der Waals surface area contributed by atoms with Gasteiger partial charge in [0.15, 0.2) is 5.58 Å². The number of carbonyl (C=O) groups excluding carboxylic acids is 1. The Morgan fingerprint density at radius 1 is 1.12 bits per heavy atom. The van der Waals surface area contributed by atoms with Gasteiger partial charge >= 0.3 is 0 Å². The summed E-state index contributed by atoms with van der Waals surface area (Å²) in [4.78, 5) is 18.9. The van der Waals surface area contributed by atoms with Gasteiger partial charge < -0.3 is 14.6 Å². The van der Waals surface area contributed by atoms with E-state index in [0.29, 0.717) is 12.3 Å². The molecule has 26 heavy (non-hydrogen) atoms. The SMILES string of the molecule is O=C(CCC1CCCC1)NCC1CCN(c2nc3ccccc3o2)CC1. The Morgan fingerprint density at radius 3 is 2.65 bits per heavy atom. The van der Waals surface area contributed by atoms with E-state index in [1.807, 2.05) is 24.3 Å². The fourth-order valence-corrected chi connectivity index (χ4v) is 4.30. The first-order chi connectivity index (χ1) is 12.8. The zero-order chi connectivity index (χ0) is 17.8. The van der Waals surface area contributed by atoms with Crippen LogP contribution in [0.25, 0.3) is 11.1 Å². The molecular formula is C21H29N3O2. The summed E-state index contributed by atoms with van der Waals surface area (Å²) in [6, 6.07) is 8.62. The van der Waals surface area contributed by atoms with Gasteiger partial charge in [-0.05, 0) is 43.2 Å². The lowest BCUT2D eigenvalue weighted by molar-refractivity contribution is -0.121. The van der Waals surface area contributed by atoms with E-state index in [-0.39, 0.29) is 5.91 Å². The number of anilines is 1. The molecule has 1 aliphatic carbocycles. The third-order valence-electron chi connectivity index (χ3n) is 6.01. The van der Waals surface area contributed by atoms with Crippen LogP contribution >= 0.6 is 0 Å². The first-order valence-electron chi connectivity index (χ1n) is 10.1. The fraction of sp³-hybridized carbons (Fsp3) is 0.619. The molecule has 1 aromatic carbocycles. The van der Waals surface area contributed by atoms with Crippen molar-refractivity contribution in [2.45, 2.75) is 51.4 Å². The molecule has 140 valence electrons. The first kappa shape index (κ1) is 17.4. The van der Waals surface area contributed by atoms with E-state index in [0.717, 1.165) is 61.9 Å². The number of rotatable bonds is 6. The molecule has 0 spiro atoms. The standard InChI is InChI=1S/C21H29N3O2/c25-20(10-9-16-5-1-2-6-16)22-15-17-11-13-24(14-12-17)21-23-18-7-3-4-8-19(18)26-21/h3-4,7-8,16-17H,1-2,5-6,9-15H2,(H,22,25). The van der Waals surface area contributed by atoms with Crippen LogP contribution < -0.4 is 10.2 Å². The van der Waals surface area contributed by atoms with Gasteiger partial charge in [0, 0.05) is 26.1 Å². The maximum absolute atomic E-state index is 12.1. The average Bonchev–Trinajstić information content (AvgIpc) is 3.34. The smallest absolute Gasteiger partial charge is 0.298 e. The molecule has 4 rings (SSSR count). The topological polar surface area (TPSA) is 58.4 Å². The molecule has 1 saturated heterocycles. The number of oxazole rings is 1. The lowest BCUT2D eigenvalue weighted by Crippen LogP contribution is -2.38. The van der Waals surface area contributed by atoms with Crippen molar-refractivity contribution in [1.29, 1.82) is 0 Å². The highest BCUT2D eigenvalue weighted by Crippen LogP contribution is 2.28. The quantitative estimate of drug-likeness (QED) is 0.846. The summed E-state index contributed by atoms with van der Waals surface area (Å²) in [7, 11) is 0. The third-order valence-corrected chi connectivity index (χ3v) is 6.01. The van der Waals surface area contributed by atoms with Gasteiger partial charge in [-0.1, -0.05) is 37.8 Å². The van der Waals surface area contributed by atoms with Crippen molar-refractivity contribution in [3.8, 4) is 0 Å². The summed E-state index contributed by atoms with van der Waals surface area (Å²) in [6.07, 6.45) is 9.26. The Labute approximate surface area is 155 Å². The summed E-state index contributed by atoms with van der Waals surface area (Å²) in [5.41, 5.74) is 1.76. The highest BCUT2D eigenvalue weighted by Gasteiger charge is 2.23. The van der Waals surface area contributed by atoms with E-state index in [4.69, 9.17) is 4.42 Å². The molecule has 1 aliphatic heterocycles.